The van der Waals surface area contributed by atoms with Gasteiger partial charge in [0, 0.05) is 23.7 Å². The average Bonchev–Trinajstić information content (AvgIpc) is 2.90. The topological polar surface area (TPSA) is 35.5 Å². The van der Waals surface area contributed by atoms with Gasteiger partial charge in [-0.05, 0) is 38.1 Å². The molecule has 0 radical (unpaired) electrons. The zero-order chi connectivity index (χ0) is 14.4. The monoisotopic (exact) mass is 302 g/mol. The number of thioether (sulfide) groups is 1. The molecule has 1 heterocycles. The third-order valence-electron chi connectivity index (χ3n) is 3.30. The van der Waals surface area contributed by atoms with Crippen LogP contribution in [0.5, 0.6) is 0 Å². The molecule has 112 valence electrons. The Labute approximate surface area is 122 Å². The summed E-state index contributed by atoms with van der Waals surface area (Å²) in [5.74, 6) is -2.44. The van der Waals surface area contributed by atoms with Crippen molar-refractivity contribution in [3.8, 4) is 0 Å². The SMILES string of the molecule is OC(CNc1ccccc1SC(F)F)CN1CCCC1. The molecule has 2 rings (SSSR count). The number of alkyl halides is 2. The van der Waals surface area contributed by atoms with Crippen molar-refractivity contribution in [1.82, 2.24) is 4.90 Å². The number of hydrogen-bond acceptors (Lipinski definition) is 4. The molecule has 0 aliphatic carbocycles. The third-order valence-corrected chi connectivity index (χ3v) is 4.09. The van der Waals surface area contributed by atoms with E-state index < -0.39 is 11.9 Å². The van der Waals surface area contributed by atoms with Crippen molar-refractivity contribution in [3.63, 3.8) is 0 Å². The number of aliphatic hydroxyl groups excluding tert-OH is 1. The molecule has 1 atom stereocenters. The second kappa shape index (κ2) is 7.81. The summed E-state index contributed by atoms with van der Waals surface area (Å²) in [5.41, 5.74) is 0.651. The van der Waals surface area contributed by atoms with Crippen LogP contribution in [0.3, 0.4) is 0 Å². The van der Waals surface area contributed by atoms with Gasteiger partial charge in [0.15, 0.2) is 0 Å². The van der Waals surface area contributed by atoms with E-state index in [0.29, 0.717) is 35.4 Å². The zero-order valence-electron chi connectivity index (χ0n) is 11.3. The van der Waals surface area contributed by atoms with Crippen LogP contribution in [0.15, 0.2) is 29.2 Å². The van der Waals surface area contributed by atoms with Crippen molar-refractivity contribution in [2.45, 2.75) is 29.6 Å². The van der Waals surface area contributed by atoms with Gasteiger partial charge in [0.25, 0.3) is 5.76 Å². The molecule has 1 aromatic rings. The van der Waals surface area contributed by atoms with Crippen LogP contribution in [0.4, 0.5) is 14.5 Å². The Kier molecular flexibility index (Phi) is 6.06. The van der Waals surface area contributed by atoms with E-state index in [1.54, 1.807) is 24.3 Å². The van der Waals surface area contributed by atoms with Crippen LogP contribution >= 0.6 is 11.8 Å². The van der Waals surface area contributed by atoms with Crippen LogP contribution in [0.1, 0.15) is 12.8 Å². The molecule has 1 fully saturated rings. The first-order chi connectivity index (χ1) is 9.65. The lowest BCUT2D eigenvalue weighted by atomic mass is 10.3. The van der Waals surface area contributed by atoms with Crippen LogP contribution < -0.4 is 5.32 Å². The molecule has 0 saturated carbocycles. The summed E-state index contributed by atoms with van der Waals surface area (Å²) in [6.45, 7) is 3.08. The van der Waals surface area contributed by atoms with Crippen molar-refractivity contribution in [3.05, 3.63) is 24.3 Å². The van der Waals surface area contributed by atoms with Crippen LogP contribution in [-0.4, -0.2) is 48.0 Å². The molecule has 2 N–H and O–H groups in total. The smallest absolute Gasteiger partial charge is 0.288 e. The fraction of sp³-hybridized carbons (Fsp3) is 0.571. The van der Waals surface area contributed by atoms with E-state index in [9.17, 15) is 13.9 Å². The molecular weight excluding hydrogens is 282 g/mol. The molecule has 6 heteroatoms. The second-order valence-electron chi connectivity index (χ2n) is 4.92. The van der Waals surface area contributed by atoms with E-state index in [2.05, 4.69) is 10.2 Å². The standard InChI is InChI=1S/C14H20F2N2OS/c15-14(16)20-13-6-2-1-5-12(13)17-9-11(19)10-18-7-3-4-8-18/h1-2,5-6,11,14,17,19H,3-4,7-10H2. The predicted molar refractivity (Wildman–Crippen MR) is 78.5 cm³/mol. The Balaban J connectivity index is 1.83. The second-order valence-corrected chi connectivity index (χ2v) is 5.95. The first kappa shape index (κ1) is 15.5. The number of nitrogens with zero attached hydrogens (tertiary/aromatic N) is 1. The van der Waals surface area contributed by atoms with Gasteiger partial charge in [-0.3, -0.25) is 0 Å². The first-order valence-electron chi connectivity index (χ1n) is 6.83. The van der Waals surface area contributed by atoms with E-state index in [1.807, 2.05) is 0 Å². The summed E-state index contributed by atoms with van der Waals surface area (Å²) >= 11 is 0.522. The van der Waals surface area contributed by atoms with Gasteiger partial charge in [-0.2, -0.15) is 8.78 Å². The number of aliphatic hydroxyl groups is 1. The molecule has 20 heavy (non-hydrogen) atoms. The average molecular weight is 302 g/mol. The van der Waals surface area contributed by atoms with Gasteiger partial charge in [0.1, 0.15) is 0 Å². The molecule has 0 spiro atoms. The van der Waals surface area contributed by atoms with Gasteiger partial charge < -0.3 is 15.3 Å². The van der Waals surface area contributed by atoms with Gasteiger partial charge in [0.2, 0.25) is 0 Å². The van der Waals surface area contributed by atoms with E-state index >= 15 is 0 Å². The number of β-amino-alcohol motifs (C(OH)–C–C–N with tert-alkyl or cyclic N) is 1. The predicted octanol–water partition coefficient (Wildman–Crippen LogP) is 2.87. The lowest BCUT2D eigenvalue weighted by Gasteiger charge is -2.20. The van der Waals surface area contributed by atoms with Gasteiger partial charge in [-0.25, -0.2) is 0 Å². The summed E-state index contributed by atoms with van der Waals surface area (Å²) in [6.07, 6.45) is 1.89. The maximum Gasteiger partial charge on any atom is 0.288 e. The van der Waals surface area contributed by atoms with Crippen molar-refractivity contribution in [2.75, 3.05) is 31.5 Å². The highest BCUT2D eigenvalue weighted by atomic mass is 32.2. The van der Waals surface area contributed by atoms with Gasteiger partial charge in [0.05, 0.1) is 6.10 Å². The fourth-order valence-electron chi connectivity index (χ4n) is 2.37. The van der Waals surface area contributed by atoms with Gasteiger partial charge in [-0.1, -0.05) is 23.9 Å². The van der Waals surface area contributed by atoms with Crippen LogP contribution in [0, 0.1) is 0 Å². The normalized spacial score (nSPS) is 17.6. The maximum absolute atomic E-state index is 12.4. The lowest BCUT2D eigenvalue weighted by Crippen LogP contribution is -2.34. The molecule has 1 aliphatic heterocycles. The highest BCUT2D eigenvalue weighted by Gasteiger charge is 2.16. The van der Waals surface area contributed by atoms with Crippen LogP contribution in [-0.2, 0) is 0 Å². The Hall–Kier alpha value is -0.850. The highest BCUT2D eigenvalue weighted by Crippen LogP contribution is 2.31. The molecular formula is C14H20F2N2OS. The highest BCUT2D eigenvalue weighted by molar-refractivity contribution is 7.99. The number of likely N-dealkylation sites (tertiary alicyclic amines) is 1. The molecule has 1 saturated heterocycles. The maximum atomic E-state index is 12.4. The molecule has 3 nitrogen and oxygen atoms in total. The summed E-state index contributed by atoms with van der Waals surface area (Å²) in [6, 6.07) is 6.95. The van der Waals surface area contributed by atoms with E-state index in [1.165, 1.54) is 12.8 Å². The van der Waals surface area contributed by atoms with Crippen molar-refractivity contribution < 1.29 is 13.9 Å². The molecule has 1 aromatic carbocycles. The number of para-hydroxylation sites is 1. The number of halogens is 2. The number of benzene rings is 1. The Morgan fingerprint density at radius 1 is 1.25 bits per heavy atom. The van der Waals surface area contributed by atoms with Crippen molar-refractivity contribution >= 4 is 17.4 Å². The number of nitrogens with one attached hydrogen (secondary N) is 1. The Morgan fingerprint density at radius 2 is 1.95 bits per heavy atom. The summed E-state index contributed by atoms with van der Waals surface area (Å²) in [7, 11) is 0. The third kappa shape index (κ3) is 4.92. The minimum absolute atomic E-state index is 0.372. The molecule has 0 aromatic heterocycles. The van der Waals surface area contributed by atoms with Gasteiger partial charge >= 0.3 is 0 Å². The minimum atomic E-state index is -2.44. The molecule has 0 amide bonds. The quantitative estimate of drug-likeness (QED) is 0.759. The van der Waals surface area contributed by atoms with E-state index in [4.69, 9.17) is 0 Å². The number of rotatable bonds is 7. The number of anilines is 1. The summed E-state index contributed by atoms with van der Waals surface area (Å²) in [4.78, 5) is 2.74. The lowest BCUT2D eigenvalue weighted by molar-refractivity contribution is 0.135. The number of hydrogen-bond donors (Lipinski definition) is 2. The van der Waals surface area contributed by atoms with Gasteiger partial charge in [-0.15, -0.1) is 0 Å². The Morgan fingerprint density at radius 3 is 2.65 bits per heavy atom. The first-order valence-corrected chi connectivity index (χ1v) is 7.71. The fourth-order valence-corrected chi connectivity index (χ4v) is 2.98. The van der Waals surface area contributed by atoms with Crippen molar-refractivity contribution in [2.24, 2.45) is 0 Å². The molecule has 1 aliphatic rings. The van der Waals surface area contributed by atoms with Crippen LogP contribution in [0.2, 0.25) is 0 Å². The van der Waals surface area contributed by atoms with Crippen molar-refractivity contribution in [1.29, 1.82) is 0 Å². The zero-order valence-corrected chi connectivity index (χ0v) is 12.1. The van der Waals surface area contributed by atoms with E-state index in [0.717, 1.165) is 13.1 Å². The minimum Gasteiger partial charge on any atom is -0.390 e. The largest absolute Gasteiger partial charge is 0.390 e. The Bertz CT molecular complexity index is 414. The molecule has 1 unspecified atom stereocenters. The molecule has 0 bridgehead atoms. The summed E-state index contributed by atoms with van der Waals surface area (Å²) in [5, 5.41) is 13.0. The van der Waals surface area contributed by atoms with Crippen LogP contribution in [0.25, 0.3) is 0 Å². The summed E-state index contributed by atoms with van der Waals surface area (Å²) < 4.78 is 24.9. The van der Waals surface area contributed by atoms with E-state index in [-0.39, 0.29) is 0 Å².